The third kappa shape index (κ3) is 3.06. The van der Waals surface area contributed by atoms with Gasteiger partial charge in [0.15, 0.2) is 0 Å². The highest BCUT2D eigenvalue weighted by atomic mass is 16.5. The Morgan fingerprint density at radius 1 is 1.22 bits per heavy atom. The van der Waals surface area contributed by atoms with Crippen molar-refractivity contribution in [1.29, 1.82) is 0 Å². The molecule has 0 amide bonds. The highest BCUT2D eigenvalue weighted by Crippen LogP contribution is 2.23. The molecule has 1 aromatic heterocycles. The fourth-order valence-corrected chi connectivity index (χ4v) is 1.75. The molecule has 0 aliphatic rings. The molecule has 0 spiro atoms. The molecule has 2 aromatic rings. The molecule has 3 heteroatoms. The Hall–Kier alpha value is -1.90. The lowest BCUT2D eigenvalue weighted by atomic mass is 10.0. The van der Waals surface area contributed by atoms with Crippen molar-refractivity contribution in [3.05, 3.63) is 53.6 Å². The van der Waals surface area contributed by atoms with Crippen molar-refractivity contribution in [2.75, 3.05) is 0 Å². The highest BCUT2D eigenvalue weighted by molar-refractivity contribution is 5.37. The van der Waals surface area contributed by atoms with Crippen LogP contribution in [0.15, 0.2) is 36.8 Å². The first-order valence-electron chi connectivity index (χ1n) is 6.15. The predicted octanol–water partition coefficient (Wildman–Crippen LogP) is 3.49. The summed E-state index contributed by atoms with van der Waals surface area (Å²) in [5, 5.41) is 0. The van der Waals surface area contributed by atoms with Gasteiger partial charge in [-0.25, -0.2) is 0 Å². The van der Waals surface area contributed by atoms with E-state index in [1.807, 2.05) is 6.07 Å². The van der Waals surface area contributed by atoms with E-state index in [2.05, 4.69) is 42.9 Å². The van der Waals surface area contributed by atoms with E-state index < -0.39 is 0 Å². The van der Waals surface area contributed by atoms with Crippen molar-refractivity contribution in [3.63, 3.8) is 0 Å². The van der Waals surface area contributed by atoms with Gasteiger partial charge in [0.2, 0.25) is 0 Å². The van der Waals surface area contributed by atoms with E-state index in [9.17, 15) is 0 Å². The zero-order valence-corrected chi connectivity index (χ0v) is 11.1. The minimum atomic E-state index is 0.454. The Morgan fingerprint density at radius 3 is 2.67 bits per heavy atom. The molecule has 0 N–H and O–H groups in total. The van der Waals surface area contributed by atoms with Crippen LogP contribution in [0.25, 0.3) is 0 Å². The van der Waals surface area contributed by atoms with Crippen LogP contribution in [0.2, 0.25) is 0 Å². The Balaban J connectivity index is 2.06. The van der Waals surface area contributed by atoms with Gasteiger partial charge in [0.25, 0.3) is 0 Å². The van der Waals surface area contributed by atoms with Gasteiger partial charge in [-0.1, -0.05) is 26.0 Å². The van der Waals surface area contributed by atoms with Crippen LogP contribution in [0.4, 0.5) is 0 Å². The maximum absolute atomic E-state index is 5.76. The van der Waals surface area contributed by atoms with Crippen LogP contribution in [0.1, 0.15) is 36.6 Å². The second-order valence-corrected chi connectivity index (χ2v) is 4.67. The minimum absolute atomic E-state index is 0.454. The van der Waals surface area contributed by atoms with Crippen LogP contribution in [0.5, 0.6) is 5.75 Å². The quantitative estimate of drug-likeness (QED) is 0.823. The average molecular weight is 242 g/mol. The molecule has 18 heavy (non-hydrogen) atoms. The molecule has 0 atom stereocenters. The first kappa shape index (κ1) is 12.6. The summed E-state index contributed by atoms with van der Waals surface area (Å²) in [6.45, 7) is 6.90. The van der Waals surface area contributed by atoms with Gasteiger partial charge in [-0.3, -0.25) is 9.97 Å². The molecule has 0 radical (unpaired) electrons. The number of aromatic nitrogens is 2. The van der Waals surface area contributed by atoms with Crippen molar-refractivity contribution in [2.24, 2.45) is 0 Å². The summed E-state index contributed by atoms with van der Waals surface area (Å²) in [5.74, 6) is 1.45. The summed E-state index contributed by atoms with van der Waals surface area (Å²) in [4.78, 5) is 8.20. The Labute approximate surface area is 108 Å². The summed E-state index contributed by atoms with van der Waals surface area (Å²) in [5.41, 5.74) is 3.33. The van der Waals surface area contributed by atoms with Gasteiger partial charge in [-0.2, -0.15) is 0 Å². The summed E-state index contributed by atoms with van der Waals surface area (Å²) in [6.07, 6.45) is 5.05. The lowest BCUT2D eigenvalue weighted by molar-refractivity contribution is 0.298. The van der Waals surface area contributed by atoms with Crippen LogP contribution >= 0.6 is 0 Å². The largest absolute Gasteiger partial charge is 0.487 e. The van der Waals surface area contributed by atoms with Crippen molar-refractivity contribution in [3.8, 4) is 5.75 Å². The molecule has 0 saturated carbocycles. The molecular formula is C15H18N2O. The molecule has 1 aromatic carbocycles. The Bertz CT molecular complexity index is 509. The third-order valence-corrected chi connectivity index (χ3v) is 2.86. The van der Waals surface area contributed by atoms with E-state index in [1.165, 1.54) is 5.56 Å². The molecule has 0 aliphatic carbocycles. The van der Waals surface area contributed by atoms with Gasteiger partial charge in [-0.05, 0) is 30.0 Å². The molecule has 0 bridgehead atoms. The maximum Gasteiger partial charge on any atom is 0.132 e. The average Bonchev–Trinajstić information content (AvgIpc) is 2.38. The Morgan fingerprint density at radius 2 is 2.06 bits per heavy atom. The van der Waals surface area contributed by atoms with E-state index in [0.29, 0.717) is 12.5 Å². The molecule has 2 rings (SSSR count). The van der Waals surface area contributed by atoms with Crippen LogP contribution in [0.3, 0.4) is 0 Å². The monoisotopic (exact) mass is 242 g/mol. The number of rotatable bonds is 4. The zero-order valence-electron chi connectivity index (χ0n) is 11.1. The second-order valence-electron chi connectivity index (χ2n) is 4.67. The lowest BCUT2D eigenvalue weighted by Gasteiger charge is -2.11. The number of nitrogens with zero attached hydrogens (tertiary/aromatic N) is 2. The van der Waals surface area contributed by atoms with Crippen molar-refractivity contribution in [1.82, 2.24) is 9.97 Å². The number of benzene rings is 1. The third-order valence-electron chi connectivity index (χ3n) is 2.86. The van der Waals surface area contributed by atoms with Gasteiger partial charge >= 0.3 is 0 Å². The zero-order chi connectivity index (χ0) is 13.0. The molecule has 1 heterocycles. The SMILES string of the molecule is Cc1cc(C(C)C)ccc1OCc1cnccn1. The van der Waals surface area contributed by atoms with E-state index in [4.69, 9.17) is 4.74 Å². The van der Waals surface area contributed by atoms with Crippen molar-refractivity contribution >= 4 is 0 Å². The van der Waals surface area contributed by atoms with E-state index >= 15 is 0 Å². The fraction of sp³-hybridized carbons (Fsp3) is 0.333. The van der Waals surface area contributed by atoms with E-state index in [-0.39, 0.29) is 0 Å². The van der Waals surface area contributed by atoms with E-state index in [1.54, 1.807) is 18.6 Å². The lowest BCUT2D eigenvalue weighted by Crippen LogP contribution is -2.00. The fourth-order valence-electron chi connectivity index (χ4n) is 1.75. The first-order valence-corrected chi connectivity index (χ1v) is 6.15. The van der Waals surface area contributed by atoms with Gasteiger partial charge < -0.3 is 4.74 Å². The van der Waals surface area contributed by atoms with Gasteiger partial charge in [-0.15, -0.1) is 0 Å². The second kappa shape index (κ2) is 5.63. The van der Waals surface area contributed by atoms with Crippen LogP contribution in [-0.2, 0) is 6.61 Å². The Kier molecular flexibility index (Phi) is 3.92. The summed E-state index contributed by atoms with van der Waals surface area (Å²) in [6, 6.07) is 6.32. The van der Waals surface area contributed by atoms with E-state index in [0.717, 1.165) is 17.0 Å². The minimum Gasteiger partial charge on any atom is -0.487 e. The maximum atomic E-state index is 5.76. The topological polar surface area (TPSA) is 35.0 Å². The molecule has 0 aliphatic heterocycles. The highest BCUT2D eigenvalue weighted by Gasteiger charge is 2.04. The summed E-state index contributed by atoms with van der Waals surface area (Å²) in [7, 11) is 0. The molecule has 0 unspecified atom stereocenters. The standard InChI is InChI=1S/C15H18N2O/c1-11(2)13-4-5-15(12(3)8-13)18-10-14-9-16-6-7-17-14/h4-9,11H,10H2,1-3H3. The first-order chi connectivity index (χ1) is 8.66. The molecule has 0 saturated heterocycles. The summed E-state index contributed by atoms with van der Waals surface area (Å²) >= 11 is 0. The molecular weight excluding hydrogens is 224 g/mol. The predicted molar refractivity (Wildman–Crippen MR) is 71.6 cm³/mol. The van der Waals surface area contributed by atoms with Crippen molar-refractivity contribution in [2.45, 2.75) is 33.3 Å². The number of hydrogen-bond donors (Lipinski definition) is 0. The van der Waals surface area contributed by atoms with Crippen LogP contribution < -0.4 is 4.74 Å². The van der Waals surface area contributed by atoms with Crippen molar-refractivity contribution < 1.29 is 4.74 Å². The van der Waals surface area contributed by atoms with Gasteiger partial charge in [0, 0.05) is 12.4 Å². The smallest absolute Gasteiger partial charge is 0.132 e. The summed E-state index contributed by atoms with van der Waals surface area (Å²) < 4.78 is 5.76. The van der Waals surface area contributed by atoms with Gasteiger partial charge in [0.1, 0.15) is 12.4 Å². The van der Waals surface area contributed by atoms with Crippen LogP contribution in [0, 0.1) is 6.92 Å². The molecule has 94 valence electrons. The number of aryl methyl sites for hydroxylation is 1. The number of ether oxygens (including phenoxy) is 1. The normalized spacial score (nSPS) is 10.7. The van der Waals surface area contributed by atoms with Crippen LogP contribution in [-0.4, -0.2) is 9.97 Å². The number of hydrogen-bond acceptors (Lipinski definition) is 3. The molecule has 0 fully saturated rings. The molecule has 3 nitrogen and oxygen atoms in total. The van der Waals surface area contributed by atoms with Gasteiger partial charge in [0.05, 0.1) is 11.9 Å².